The summed E-state index contributed by atoms with van der Waals surface area (Å²) >= 11 is 0. The van der Waals surface area contributed by atoms with Crippen molar-refractivity contribution in [2.75, 3.05) is 6.54 Å². The van der Waals surface area contributed by atoms with Crippen molar-refractivity contribution in [3.63, 3.8) is 0 Å². The molecule has 3 nitrogen and oxygen atoms in total. The highest BCUT2D eigenvalue weighted by Gasteiger charge is 2.12. The van der Waals surface area contributed by atoms with E-state index >= 15 is 0 Å². The molecule has 0 amide bonds. The largest absolute Gasteiger partial charge is 0.481 e. The third kappa shape index (κ3) is 13.7. The van der Waals surface area contributed by atoms with Gasteiger partial charge in [0.15, 0.2) is 0 Å². The fourth-order valence-corrected chi connectivity index (χ4v) is 2.56. The molecule has 0 rings (SSSR count). The Morgan fingerprint density at radius 2 is 1.47 bits per heavy atom. The van der Waals surface area contributed by atoms with Crippen LogP contribution in [0.3, 0.4) is 0 Å². The van der Waals surface area contributed by atoms with E-state index in [1.807, 2.05) is 0 Å². The maximum absolute atomic E-state index is 10.9. The lowest BCUT2D eigenvalue weighted by Crippen LogP contribution is -2.08. The molecule has 0 saturated heterocycles. The van der Waals surface area contributed by atoms with Gasteiger partial charge in [-0.3, -0.25) is 4.79 Å². The van der Waals surface area contributed by atoms with E-state index in [-0.39, 0.29) is 0 Å². The maximum atomic E-state index is 10.9. The van der Waals surface area contributed by atoms with Crippen LogP contribution in [0, 0.1) is 5.92 Å². The zero-order chi connectivity index (χ0) is 14.3. The molecule has 0 aromatic carbocycles. The van der Waals surface area contributed by atoms with Gasteiger partial charge in [-0.2, -0.15) is 0 Å². The highest BCUT2D eigenvalue weighted by molar-refractivity contribution is 5.66. The summed E-state index contributed by atoms with van der Waals surface area (Å²) in [5.74, 6) is -0.267. The first-order chi connectivity index (χ1) is 9.20. The van der Waals surface area contributed by atoms with Crippen LogP contribution in [-0.4, -0.2) is 17.6 Å². The van der Waals surface area contributed by atoms with E-state index in [4.69, 9.17) is 10.8 Å². The van der Waals surface area contributed by atoms with Gasteiger partial charge in [-0.1, -0.05) is 58.3 Å². The smallest absolute Gasteiger partial charge is 0.303 e. The molecule has 0 aliphatic rings. The van der Waals surface area contributed by atoms with Crippen molar-refractivity contribution in [1.29, 1.82) is 0 Å². The topological polar surface area (TPSA) is 63.3 Å². The van der Waals surface area contributed by atoms with E-state index in [2.05, 4.69) is 6.92 Å². The summed E-state index contributed by atoms with van der Waals surface area (Å²) in [6.07, 6.45) is 13.5. The molecule has 0 spiro atoms. The number of carbonyl (C=O) groups is 1. The van der Waals surface area contributed by atoms with Crippen LogP contribution in [0.5, 0.6) is 0 Å². The molecule has 0 aromatic rings. The predicted molar refractivity (Wildman–Crippen MR) is 81.3 cm³/mol. The molecule has 0 aromatic heterocycles. The fraction of sp³-hybridized carbons (Fsp3) is 0.938. The van der Waals surface area contributed by atoms with E-state index < -0.39 is 5.97 Å². The standard InChI is InChI=1S/C16H33NO2/c1-2-3-4-5-6-8-11-15(14-16(18)19)12-9-7-10-13-17/h15H,2-14,17H2,1H3,(H,18,19). The Bertz CT molecular complexity index is 207. The third-order valence-electron chi connectivity index (χ3n) is 3.75. The molecule has 0 saturated carbocycles. The van der Waals surface area contributed by atoms with Gasteiger partial charge in [0, 0.05) is 6.42 Å². The van der Waals surface area contributed by atoms with E-state index in [1.54, 1.807) is 0 Å². The van der Waals surface area contributed by atoms with Crippen molar-refractivity contribution in [3.05, 3.63) is 0 Å². The van der Waals surface area contributed by atoms with E-state index in [1.165, 1.54) is 38.5 Å². The molecule has 0 radical (unpaired) electrons. The monoisotopic (exact) mass is 271 g/mol. The molecule has 114 valence electrons. The number of carboxylic acid groups (broad SMARTS) is 1. The number of nitrogens with two attached hydrogens (primary N) is 1. The first-order valence-corrected chi connectivity index (χ1v) is 8.12. The van der Waals surface area contributed by atoms with Crippen LogP contribution >= 0.6 is 0 Å². The van der Waals surface area contributed by atoms with Crippen molar-refractivity contribution >= 4 is 5.97 Å². The Labute approximate surface area is 119 Å². The summed E-state index contributed by atoms with van der Waals surface area (Å²) in [6.45, 7) is 2.98. The number of hydrogen-bond acceptors (Lipinski definition) is 2. The Morgan fingerprint density at radius 1 is 0.947 bits per heavy atom. The minimum absolute atomic E-state index is 0.345. The SMILES string of the molecule is CCCCCCCCC(CCCCCN)CC(=O)O. The van der Waals surface area contributed by atoms with Crippen LogP contribution in [0.25, 0.3) is 0 Å². The third-order valence-corrected chi connectivity index (χ3v) is 3.75. The number of unbranched alkanes of at least 4 members (excludes halogenated alkanes) is 7. The number of rotatable bonds is 14. The second kappa shape index (κ2) is 13.9. The molecule has 0 aliphatic carbocycles. The average Bonchev–Trinajstić information content (AvgIpc) is 2.37. The first-order valence-electron chi connectivity index (χ1n) is 8.12. The lowest BCUT2D eigenvalue weighted by atomic mass is 9.92. The van der Waals surface area contributed by atoms with E-state index in [0.717, 1.165) is 38.6 Å². The highest BCUT2D eigenvalue weighted by Crippen LogP contribution is 2.21. The zero-order valence-corrected chi connectivity index (χ0v) is 12.7. The molecule has 3 heteroatoms. The van der Waals surface area contributed by atoms with Crippen molar-refractivity contribution < 1.29 is 9.90 Å². The van der Waals surface area contributed by atoms with Crippen LogP contribution in [0.15, 0.2) is 0 Å². The molecule has 1 unspecified atom stereocenters. The van der Waals surface area contributed by atoms with Gasteiger partial charge in [-0.05, 0) is 31.7 Å². The Kier molecular flexibility index (Phi) is 13.4. The van der Waals surface area contributed by atoms with Gasteiger partial charge in [-0.25, -0.2) is 0 Å². The molecule has 0 heterocycles. The quantitative estimate of drug-likeness (QED) is 0.462. The summed E-state index contributed by atoms with van der Waals surface area (Å²) < 4.78 is 0. The lowest BCUT2D eigenvalue weighted by molar-refractivity contribution is -0.138. The van der Waals surface area contributed by atoms with Crippen molar-refractivity contribution in [1.82, 2.24) is 0 Å². The van der Waals surface area contributed by atoms with Crippen molar-refractivity contribution in [2.45, 2.75) is 84.0 Å². The number of hydrogen-bond donors (Lipinski definition) is 2. The summed E-state index contributed by atoms with van der Waals surface area (Å²) in [5, 5.41) is 8.94. The van der Waals surface area contributed by atoms with Crippen LogP contribution in [-0.2, 0) is 4.79 Å². The lowest BCUT2D eigenvalue weighted by Gasteiger charge is -2.14. The molecule has 19 heavy (non-hydrogen) atoms. The molecular formula is C16H33NO2. The number of carboxylic acids is 1. The van der Waals surface area contributed by atoms with Gasteiger partial charge in [0.05, 0.1) is 0 Å². The molecular weight excluding hydrogens is 238 g/mol. The van der Waals surface area contributed by atoms with Gasteiger partial charge in [0.25, 0.3) is 0 Å². The predicted octanol–water partition coefficient (Wildman–Crippen LogP) is 4.35. The van der Waals surface area contributed by atoms with Crippen molar-refractivity contribution in [3.8, 4) is 0 Å². The molecule has 0 aliphatic heterocycles. The minimum Gasteiger partial charge on any atom is -0.481 e. The molecule has 3 N–H and O–H groups in total. The Morgan fingerprint density at radius 3 is 2.00 bits per heavy atom. The molecule has 0 bridgehead atoms. The summed E-state index contributed by atoms with van der Waals surface area (Å²) in [7, 11) is 0. The molecule has 0 fully saturated rings. The minimum atomic E-state index is -0.644. The second-order valence-electron chi connectivity index (χ2n) is 5.66. The normalized spacial score (nSPS) is 12.5. The van der Waals surface area contributed by atoms with Crippen LogP contribution in [0.1, 0.15) is 84.0 Å². The van der Waals surface area contributed by atoms with Crippen LogP contribution in [0.4, 0.5) is 0 Å². The molecule has 1 atom stereocenters. The summed E-state index contributed by atoms with van der Waals surface area (Å²) in [6, 6.07) is 0. The first kappa shape index (κ1) is 18.4. The zero-order valence-electron chi connectivity index (χ0n) is 12.7. The van der Waals surface area contributed by atoms with E-state index in [9.17, 15) is 4.79 Å². The number of aliphatic carboxylic acids is 1. The van der Waals surface area contributed by atoms with E-state index in [0.29, 0.717) is 12.3 Å². The maximum Gasteiger partial charge on any atom is 0.303 e. The Balaban J connectivity index is 3.64. The van der Waals surface area contributed by atoms with Crippen LogP contribution in [0.2, 0.25) is 0 Å². The second-order valence-corrected chi connectivity index (χ2v) is 5.66. The highest BCUT2D eigenvalue weighted by atomic mass is 16.4. The van der Waals surface area contributed by atoms with Crippen molar-refractivity contribution in [2.24, 2.45) is 11.7 Å². The fourth-order valence-electron chi connectivity index (χ4n) is 2.56. The van der Waals surface area contributed by atoms with Gasteiger partial charge >= 0.3 is 5.97 Å². The van der Waals surface area contributed by atoms with Gasteiger partial charge in [-0.15, -0.1) is 0 Å². The van der Waals surface area contributed by atoms with Gasteiger partial charge < -0.3 is 10.8 Å². The average molecular weight is 271 g/mol. The Hall–Kier alpha value is -0.570. The van der Waals surface area contributed by atoms with Gasteiger partial charge in [0.1, 0.15) is 0 Å². The summed E-state index contributed by atoms with van der Waals surface area (Å²) in [4.78, 5) is 10.9. The van der Waals surface area contributed by atoms with Crippen LogP contribution < -0.4 is 5.73 Å². The van der Waals surface area contributed by atoms with Gasteiger partial charge in [0.2, 0.25) is 0 Å². The summed E-state index contributed by atoms with van der Waals surface area (Å²) in [5.41, 5.74) is 5.47.